The maximum absolute atomic E-state index is 12.1. The maximum Gasteiger partial charge on any atom is 0.273 e. The number of para-hydroxylation sites is 2. The normalized spacial score (nSPS) is 10.6. The maximum atomic E-state index is 12.1. The first-order chi connectivity index (χ1) is 12.7. The van der Waals surface area contributed by atoms with Gasteiger partial charge in [0.15, 0.2) is 0 Å². The minimum atomic E-state index is -0.350. The third kappa shape index (κ3) is 4.48. The lowest BCUT2D eigenvalue weighted by Gasteiger charge is -2.08. The highest BCUT2D eigenvalue weighted by Gasteiger charge is 2.07. The first-order valence-corrected chi connectivity index (χ1v) is 8.18. The van der Waals surface area contributed by atoms with Gasteiger partial charge in [0, 0.05) is 11.3 Å². The molecule has 3 aromatic carbocycles. The van der Waals surface area contributed by atoms with E-state index in [2.05, 4.69) is 10.5 Å². The largest absolute Gasteiger partial charge is 0.489 e. The average Bonchev–Trinajstić information content (AvgIpc) is 2.68. The molecule has 5 heteroatoms. The number of nitrogen functional groups attached to an aromatic ring is 1. The number of hydrogen-bond acceptors (Lipinski definition) is 4. The Kier molecular flexibility index (Phi) is 5.62. The summed E-state index contributed by atoms with van der Waals surface area (Å²) in [5, 5.41) is 4.04. The first kappa shape index (κ1) is 17.2. The van der Waals surface area contributed by atoms with Crippen molar-refractivity contribution in [3.63, 3.8) is 0 Å². The van der Waals surface area contributed by atoms with Crippen LogP contribution in [-0.2, 0) is 6.61 Å². The van der Waals surface area contributed by atoms with Crippen molar-refractivity contribution in [3.05, 3.63) is 95.6 Å². The minimum absolute atomic E-state index is 0.350. The zero-order chi connectivity index (χ0) is 18.2. The number of amides is 1. The number of nitrogens with zero attached hydrogens (tertiary/aromatic N) is 1. The number of hydrazone groups is 1. The molecule has 3 rings (SSSR count). The highest BCUT2D eigenvalue weighted by molar-refractivity contribution is 5.99. The smallest absolute Gasteiger partial charge is 0.273 e. The zero-order valence-electron chi connectivity index (χ0n) is 14.1. The molecule has 0 atom stereocenters. The quantitative estimate of drug-likeness (QED) is 0.407. The van der Waals surface area contributed by atoms with Crippen molar-refractivity contribution >= 4 is 17.8 Å². The fourth-order valence-electron chi connectivity index (χ4n) is 2.39. The van der Waals surface area contributed by atoms with E-state index in [1.54, 1.807) is 30.5 Å². The molecule has 0 aromatic heterocycles. The number of hydrogen-bond donors (Lipinski definition) is 2. The van der Waals surface area contributed by atoms with E-state index in [0.29, 0.717) is 17.9 Å². The Labute approximate surface area is 152 Å². The third-order valence-electron chi connectivity index (χ3n) is 3.77. The van der Waals surface area contributed by atoms with Gasteiger partial charge in [0.05, 0.1) is 11.8 Å². The van der Waals surface area contributed by atoms with Crippen LogP contribution < -0.4 is 15.9 Å². The van der Waals surface area contributed by atoms with Gasteiger partial charge < -0.3 is 10.5 Å². The fourth-order valence-corrected chi connectivity index (χ4v) is 2.39. The Balaban J connectivity index is 1.65. The number of nitrogens with one attached hydrogen (secondary N) is 1. The van der Waals surface area contributed by atoms with Gasteiger partial charge in [-0.25, -0.2) is 5.43 Å². The SMILES string of the molecule is Nc1ccccc1C(=O)N/N=C\c1ccccc1COc1ccccc1. The monoisotopic (exact) mass is 345 g/mol. The lowest BCUT2D eigenvalue weighted by atomic mass is 10.1. The van der Waals surface area contributed by atoms with Crippen molar-refractivity contribution in [1.82, 2.24) is 5.43 Å². The number of carbonyl (C=O) groups is 1. The van der Waals surface area contributed by atoms with Crippen LogP contribution in [-0.4, -0.2) is 12.1 Å². The molecule has 0 radical (unpaired) electrons. The van der Waals surface area contributed by atoms with E-state index in [1.807, 2.05) is 54.6 Å². The third-order valence-corrected chi connectivity index (χ3v) is 3.77. The standard InChI is InChI=1S/C21H19N3O2/c22-20-13-7-6-12-19(20)21(25)24-23-14-16-8-4-5-9-17(16)15-26-18-10-2-1-3-11-18/h1-14H,15,22H2,(H,24,25)/b23-14-. The predicted molar refractivity (Wildman–Crippen MR) is 103 cm³/mol. The molecule has 0 aliphatic carbocycles. The summed E-state index contributed by atoms with van der Waals surface area (Å²) in [6.07, 6.45) is 1.60. The molecule has 5 nitrogen and oxygen atoms in total. The lowest BCUT2D eigenvalue weighted by Crippen LogP contribution is -2.19. The van der Waals surface area contributed by atoms with E-state index in [9.17, 15) is 4.79 Å². The van der Waals surface area contributed by atoms with Crippen molar-refractivity contribution in [1.29, 1.82) is 0 Å². The van der Waals surface area contributed by atoms with Crippen molar-refractivity contribution in [2.75, 3.05) is 5.73 Å². The fraction of sp³-hybridized carbons (Fsp3) is 0.0476. The zero-order valence-corrected chi connectivity index (χ0v) is 14.1. The molecule has 0 unspecified atom stereocenters. The minimum Gasteiger partial charge on any atom is -0.489 e. The average molecular weight is 345 g/mol. The molecule has 0 fully saturated rings. The van der Waals surface area contributed by atoms with Crippen LogP contribution in [0.15, 0.2) is 84.0 Å². The van der Waals surface area contributed by atoms with E-state index < -0.39 is 0 Å². The van der Waals surface area contributed by atoms with Gasteiger partial charge in [0.1, 0.15) is 12.4 Å². The highest BCUT2D eigenvalue weighted by Crippen LogP contribution is 2.14. The number of rotatable bonds is 6. The van der Waals surface area contributed by atoms with Crippen LogP contribution in [0.1, 0.15) is 21.5 Å². The molecule has 3 aromatic rings. The number of nitrogens with two attached hydrogens (primary N) is 1. The van der Waals surface area contributed by atoms with Gasteiger partial charge in [0.2, 0.25) is 0 Å². The summed E-state index contributed by atoms with van der Waals surface area (Å²) < 4.78 is 5.78. The molecule has 0 spiro atoms. The number of carbonyl (C=O) groups excluding carboxylic acids is 1. The van der Waals surface area contributed by atoms with Crippen LogP contribution in [0.2, 0.25) is 0 Å². The second kappa shape index (κ2) is 8.48. The Morgan fingerprint density at radius 2 is 1.65 bits per heavy atom. The molecule has 0 aliphatic rings. The van der Waals surface area contributed by atoms with Crippen LogP contribution in [0.5, 0.6) is 5.75 Å². The van der Waals surface area contributed by atoms with Crippen molar-refractivity contribution in [3.8, 4) is 5.75 Å². The molecular formula is C21H19N3O2. The molecular weight excluding hydrogens is 326 g/mol. The summed E-state index contributed by atoms with van der Waals surface area (Å²) in [6, 6.07) is 24.2. The van der Waals surface area contributed by atoms with E-state index in [-0.39, 0.29) is 5.91 Å². The second-order valence-corrected chi connectivity index (χ2v) is 5.59. The second-order valence-electron chi connectivity index (χ2n) is 5.59. The van der Waals surface area contributed by atoms with Gasteiger partial charge in [-0.05, 0) is 29.8 Å². The molecule has 0 bridgehead atoms. The summed E-state index contributed by atoms with van der Waals surface area (Å²) in [6.45, 7) is 0.409. The molecule has 0 saturated carbocycles. The number of benzene rings is 3. The molecule has 0 heterocycles. The first-order valence-electron chi connectivity index (χ1n) is 8.18. The van der Waals surface area contributed by atoms with Gasteiger partial charge in [-0.2, -0.15) is 5.10 Å². The summed E-state index contributed by atoms with van der Waals surface area (Å²) in [5.74, 6) is 0.449. The lowest BCUT2D eigenvalue weighted by molar-refractivity contribution is 0.0956. The predicted octanol–water partition coefficient (Wildman–Crippen LogP) is 3.61. The van der Waals surface area contributed by atoms with Crippen molar-refractivity contribution in [2.24, 2.45) is 5.10 Å². The van der Waals surface area contributed by atoms with E-state index >= 15 is 0 Å². The molecule has 130 valence electrons. The van der Waals surface area contributed by atoms with Gasteiger partial charge in [-0.15, -0.1) is 0 Å². The van der Waals surface area contributed by atoms with E-state index in [0.717, 1.165) is 16.9 Å². The summed E-state index contributed by atoms with van der Waals surface area (Å²) in [5.41, 5.74) is 10.9. The summed E-state index contributed by atoms with van der Waals surface area (Å²) in [7, 11) is 0. The topological polar surface area (TPSA) is 76.7 Å². The Bertz CT molecular complexity index is 908. The molecule has 1 amide bonds. The van der Waals surface area contributed by atoms with Gasteiger partial charge in [0.25, 0.3) is 5.91 Å². The summed E-state index contributed by atoms with van der Waals surface area (Å²) in [4.78, 5) is 12.1. The van der Waals surface area contributed by atoms with Crippen LogP contribution in [0.4, 0.5) is 5.69 Å². The Morgan fingerprint density at radius 3 is 2.46 bits per heavy atom. The van der Waals surface area contributed by atoms with Crippen LogP contribution >= 0.6 is 0 Å². The Hall–Kier alpha value is -3.60. The van der Waals surface area contributed by atoms with Crippen LogP contribution in [0, 0.1) is 0 Å². The van der Waals surface area contributed by atoms with E-state index in [1.165, 1.54) is 0 Å². The number of ether oxygens (including phenoxy) is 1. The van der Waals surface area contributed by atoms with Crippen LogP contribution in [0.3, 0.4) is 0 Å². The summed E-state index contributed by atoms with van der Waals surface area (Å²) >= 11 is 0. The van der Waals surface area contributed by atoms with E-state index in [4.69, 9.17) is 10.5 Å². The van der Waals surface area contributed by atoms with Gasteiger partial charge >= 0.3 is 0 Å². The van der Waals surface area contributed by atoms with Crippen molar-refractivity contribution < 1.29 is 9.53 Å². The number of anilines is 1. The molecule has 0 saturated heterocycles. The van der Waals surface area contributed by atoms with Crippen LogP contribution in [0.25, 0.3) is 0 Å². The van der Waals surface area contributed by atoms with Gasteiger partial charge in [-0.1, -0.05) is 54.6 Å². The molecule has 26 heavy (non-hydrogen) atoms. The Morgan fingerprint density at radius 1 is 0.962 bits per heavy atom. The highest BCUT2D eigenvalue weighted by atomic mass is 16.5. The molecule has 3 N–H and O–H groups in total. The van der Waals surface area contributed by atoms with Crippen molar-refractivity contribution in [2.45, 2.75) is 6.61 Å². The van der Waals surface area contributed by atoms with Gasteiger partial charge in [-0.3, -0.25) is 4.79 Å². The molecule has 0 aliphatic heterocycles.